The highest BCUT2D eigenvalue weighted by Crippen LogP contribution is 2.04. The summed E-state index contributed by atoms with van der Waals surface area (Å²) in [4.78, 5) is 44.8. The van der Waals surface area contributed by atoms with Crippen LogP contribution in [-0.2, 0) is 25.8 Å². The first-order chi connectivity index (χ1) is 11.4. The predicted molar refractivity (Wildman–Crippen MR) is 87.9 cm³/mol. The number of benzene rings is 1. The summed E-state index contributed by atoms with van der Waals surface area (Å²) >= 11 is 0. The molecule has 0 fully saturated rings. The summed E-state index contributed by atoms with van der Waals surface area (Å²) in [7, 11) is 1.46. The van der Waals surface area contributed by atoms with Gasteiger partial charge in [-0.2, -0.15) is 0 Å². The molecule has 0 atom stereocenters. The van der Waals surface area contributed by atoms with Crippen molar-refractivity contribution in [3.63, 3.8) is 0 Å². The summed E-state index contributed by atoms with van der Waals surface area (Å²) in [6.45, 7) is 3.87. The summed E-state index contributed by atoms with van der Waals surface area (Å²) in [5.41, 5.74) is 0.994. The van der Waals surface area contributed by atoms with E-state index < -0.39 is 12.1 Å². The van der Waals surface area contributed by atoms with Crippen LogP contribution in [0.5, 0.6) is 0 Å². The van der Waals surface area contributed by atoms with E-state index in [0.717, 1.165) is 5.56 Å². The minimum atomic E-state index is -0.819. The molecule has 2 amide bonds. The van der Waals surface area contributed by atoms with Crippen molar-refractivity contribution in [1.29, 1.82) is 0 Å². The zero-order valence-electron chi connectivity index (χ0n) is 14.3. The standard InChI is InChI=1S/C17H24N2O5/c1-13(2)18-15(20)11-12-19(3)17(22)24-23-16(21)10-9-14-7-5-4-6-8-14/h4-8,13H,9-12H2,1-3H3,(H,18,20). The van der Waals surface area contributed by atoms with Gasteiger partial charge < -0.3 is 10.2 Å². The van der Waals surface area contributed by atoms with Crippen molar-refractivity contribution in [3.05, 3.63) is 35.9 Å². The third kappa shape index (κ3) is 8.17. The average Bonchev–Trinajstić information content (AvgIpc) is 2.56. The Bertz CT molecular complexity index is 545. The number of carbonyl (C=O) groups excluding carboxylic acids is 3. The Balaban J connectivity index is 2.21. The van der Waals surface area contributed by atoms with Gasteiger partial charge in [0.05, 0.1) is 6.42 Å². The molecule has 1 N–H and O–H groups in total. The summed E-state index contributed by atoms with van der Waals surface area (Å²) in [6.07, 6.45) is -0.0631. The van der Waals surface area contributed by atoms with Gasteiger partial charge in [-0.25, -0.2) is 19.4 Å². The van der Waals surface area contributed by atoms with Crippen LogP contribution >= 0.6 is 0 Å². The smallest absolute Gasteiger partial charge is 0.354 e. The van der Waals surface area contributed by atoms with Gasteiger partial charge >= 0.3 is 12.1 Å². The molecule has 0 unspecified atom stereocenters. The molecule has 24 heavy (non-hydrogen) atoms. The fraction of sp³-hybridized carbons (Fsp3) is 0.471. The lowest BCUT2D eigenvalue weighted by Crippen LogP contribution is -2.35. The van der Waals surface area contributed by atoms with E-state index in [1.807, 2.05) is 44.2 Å². The molecular weight excluding hydrogens is 312 g/mol. The second-order valence-electron chi connectivity index (χ2n) is 5.68. The number of aryl methyl sites for hydroxylation is 1. The van der Waals surface area contributed by atoms with Gasteiger partial charge in [0, 0.05) is 26.1 Å². The van der Waals surface area contributed by atoms with E-state index in [-0.39, 0.29) is 31.3 Å². The highest BCUT2D eigenvalue weighted by molar-refractivity contribution is 5.77. The molecule has 0 saturated heterocycles. The molecule has 0 saturated carbocycles. The molecule has 7 nitrogen and oxygen atoms in total. The minimum absolute atomic E-state index is 0.0420. The van der Waals surface area contributed by atoms with E-state index in [1.54, 1.807) is 0 Å². The van der Waals surface area contributed by atoms with Crippen LogP contribution in [-0.4, -0.2) is 42.5 Å². The second-order valence-corrected chi connectivity index (χ2v) is 5.68. The molecule has 1 aromatic rings. The van der Waals surface area contributed by atoms with Crippen molar-refractivity contribution in [3.8, 4) is 0 Å². The molecule has 0 radical (unpaired) electrons. The van der Waals surface area contributed by atoms with Crippen LogP contribution in [0.3, 0.4) is 0 Å². The van der Waals surface area contributed by atoms with Crippen LogP contribution in [0.15, 0.2) is 30.3 Å². The topological polar surface area (TPSA) is 84.9 Å². The van der Waals surface area contributed by atoms with Crippen molar-refractivity contribution in [2.24, 2.45) is 0 Å². The minimum Gasteiger partial charge on any atom is -0.354 e. The molecule has 0 spiro atoms. The van der Waals surface area contributed by atoms with Crippen molar-refractivity contribution in [2.45, 2.75) is 39.2 Å². The predicted octanol–water partition coefficient (Wildman–Crippen LogP) is 2.06. The van der Waals surface area contributed by atoms with E-state index in [2.05, 4.69) is 15.1 Å². The maximum absolute atomic E-state index is 11.7. The Morgan fingerprint density at radius 1 is 1.08 bits per heavy atom. The number of carbonyl (C=O) groups is 3. The first kappa shape index (κ1) is 19.5. The highest BCUT2D eigenvalue weighted by Gasteiger charge is 2.15. The van der Waals surface area contributed by atoms with Crippen LogP contribution in [0.1, 0.15) is 32.3 Å². The zero-order chi connectivity index (χ0) is 17.9. The Morgan fingerprint density at radius 3 is 2.38 bits per heavy atom. The van der Waals surface area contributed by atoms with Gasteiger partial charge in [-0.3, -0.25) is 4.79 Å². The number of hydrogen-bond acceptors (Lipinski definition) is 5. The molecule has 1 aromatic carbocycles. The second kappa shape index (κ2) is 10.3. The van der Waals surface area contributed by atoms with E-state index in [4.69, 9.17) is 0 Å². The average molecular weight is 336 g/mol. The van der Waals surface area contributed by atoms with E-state index in [0.29, 0.717) is 6.42 Å². The van der Waals surface area contributed by atoms with Gasteiger partial charge in [0.1, 0.15) is 0 Å². The number of nitrogens with zero attached hydrogens (tertiary/aromatic N) is 1. The Labute approximate surface area is 141 Å². The zero-order valence-corrected chi connectivity index (χ0v) is 14.3. The van der Waals surface area contributed by atoms with Crippen molar-refractivity contribution in [2.75, 3.05) is 13.6 Å². The Hall–Kier alpha value is -2.57. The highest BCUT2D eigenvalue weighted by atomic mass is 17.2. The number of rotatable bonds is 7. The van der Waals surface area contributed by atoms with E-state index in [1.165, 1.54) is 11.9 Å². The first-order valence-electron chi connectivity index (χ1n) is 7.84. The fourth-order valence-electron chi connectivity index (χ4n) is 1.83. The Kier molecular flexibility index (Phi) is 8.32. The van der Waals surface area contributed by atoms with Crippen LogP contribution in [0.25, 0.3) is 0 Å². The van der Waals surface area contributed by atoms with E-state index in [9.17, 15) is 14.4 Å². The van der Waals surface area contributed by atoms with Crippen LogP contribution in [0.4, 0.5) is 4.79 Å². The van der Waals surface area contributed by atoms with Crippen molar-refractivity contribution in [1.82, 2.24) is 10.2 Å². The van der Waals surface area contributed by atoms with Crippen LogP contribution in [0, 0.1) is 0 Å². The monoisotopic (exact) mass is 336 g/mol. The lowest BCUT2D eigenvalue weighted by molar-refractivity contribution is -0.236. The van der Waals surface area contributed by atoms with Gasteiger partial charge in [0.25, 0.3) is 0 Å². The molecule has 0 aliphatic carbocycles. The van der Waals surface area contributed by atoms with Crippen molar-refractivity contribution < 1.29 is 24.2 Å². The van der Waals surface area contributed by atoms with Crippen molar-refractivity contribution >= 4 is 18.0 Å². The molecule has 132 valence electrons. The first-order valence-corrected chi connectivity index (χ1v) is 7.84. The SMILES string of the molecule is CC(C)NC(=O)CCN(C)C(=O)OOC(=O)CCc1ccccc1. The Morgan fingerprint density at radius 2 is 1.75 bits per heavy atom. The maximum atomic E-state index is 11.7. The maximum Gasteiger partial charge on any atom is 0.452 e. The van der Waals surface area contributed by atoms with Gasteiger partial charge in [-0.1, -0.05) is 30.3 Å². The largest absolute Gasteiger partial charge is 0.452 e. The molecule has 0 bridgehead atoms. The number of nitrogens with one attached hydrogen (secondary N) is 1. The molecular formula is C17H24N2O5. The lowest BCUT2D eigenvalue weighted by atomic mass is 10.1. The third-order valence-corrected chi connectivity index (χ3v) is 3.10. The molecule has 0 aromatic heterocycles. The number of amides is 2. The summed E-state index contributed by atoms with van der Waals surface area (Å²) in [5, 5.41) is 2.72. The van der Waals surface area contributed by atoms with Crippen LogP contribution in [0.2, 0.25) is 0 Å². The van der Waals surface area contributed by atoms with Crippen LogP contribution < -0.4 is 5.32 Å². The third-order valence-electron chi connectivity index (χ3n) is 3.10. The normalized spacial score (nSPS) is 10.2. The number of hydrogen-bond donors (Lipinski definition) is 1. The molecule has 0 heterocycles. The van der Waals surface area contributed by atoms with Gasteiger partial charge in [-0.15, -0.1) is 0 Å². The molecule has 7 heteroatoms. The van der Waals surface area contributed by atoms with Gasteiger partial charge in [-0.05, 0) is 25.8 Å². The molecule has 0 aliphatic rings. The quantitative estimate of drug-likeness (QED) is 0.608. The van der Waals surface area contributed by atoms with Gasteiger partial charge in [0.2, 0.25) is 5.91 Å². The lowest BCUT2D eigenvalue weighted by Gasteiger charge is -2.15. The summed E-state index contributed by atoms with van der Waals surface area (Å²) < 4.78 is 0. The van der Waals surface area contributed by atoms with Gasteiger partial charge in [0.15, 0.2) is 0 Å². The fourth-order valence-corrected chi connectivity index (χ4v) is 1.83. The summed E-state index contributed by atoms with van der Waals surface area (Å²) in [5.74, 6) is -0.789. The molecule has 0 aliphatic heterocycles. The van der Waals surface area contributed by atoms with E-state index >= 15 is 0 Å². The molecule has 1 rings (SSSR count). The summed E-state index contributed by atoms with van der Waals surface area (Å²) in [6, 6.07) is 9.49.